The zero-order valence-electron chi connectivity index (χ0n) is 19.4. The maximum atomic E-state index is 12.9. The highest BCUT2D eigenvalue weighted by Crippen LogP contribution is 2.19. The number of nitrogens with one attached hydrogen (secondary N) is 2. The Morgan fingerprint density at radius 3 is 2.47 bits per heavy atom. The SMILES string of the molecule is CN(C)c1cccc(OCCCNC(=O)[C@H](Cc2cc[c]cc2)NS(=O)(=O)c2ccccc2)c1. The minimum absolute atomic E-state index is 0.113. The predicted octanol–water partition coefficient (Wildman–Crippen LogP) is 3.03. The van der Waals surface area contributed by atoms with E-state index in [4.69, 9.17) is 4.74 Å². The maximum absolute atomic E-state index is 12.9. The number of nitrogens with zero attached hydrogens (tertiary/aromatic N) is 1. The molecule has 0 aliphatic carbocycles. The molecule has 1 atom stereocenters. The smallest absolute Gasteiger partial charge is 0.241 e. The molecular weight excluding hydrogens is 450 g/mol. The Morgan fingerprint density at radius 2 is 1.76 bits per heavy atom. The van der Waals surface area contributed by atoms with Crippen molar-refractivity contribution in [1.82, 2.24) is 10.0 Å². The van der Waals surface area contributed by atoms with Gasteiger partial charge >= 0.3 is 0 Å². The highest BCUT2D eigenvalue weighted by molar-refractivity contribution is 7.89. The molecule has 0 heterocycles. The summed E-state index contributed by atoms with van der Waals surface area (Å²) in [6.07, 6.45) is 0.802. The van der Waals surface area contributed by atoms with Crippen molar-refractivity contribution in [3.8, 4) is 5.75 Å². The molecule has 8 heteroatoms. The topological polar surface area (TPSA) is 87.7 Å². The van der Waals surface area contributed by atoms with E-state index in [9.17, 15) is 13.2 Å². The molecule has 0 aliphatic rings. The molecule has 34 heavy (non-hydrogen) atoms. The molecule has 0 spiro atoms. The lowest BCUT2D eigenvalue weighted by molar-refractivity contribution is -0.122. The average molecular weight is 481 g/mol. The summed E-state index contributed by atoms with van der Waals surface area (Å²) in [5.74, 6) is 0.369. The lowest BCUT2D eigenvalue weighted by Gasteiger charge is -2.19. The molecule has 1 amide bonds. The van der Waals surface area contributed by atoms with E-state index in [1.807, 2.05) is 55.4 Å². The molecule has 0 aromatic heterocycles. The van der Waals surface area contributed by atoms with Crippen LogP contribution < -0.4 is 19.7 Å². The van der Waals surface area contributed by atoms with Crippen LogP contribution in [0.4, 0.5) is 5.69 Å². The summed E-state index contributed by atoms with van der Waals surface area (Å²) in [6.45, 7) is 0.782. The van der Waals surface area contributed by atoms with Crippen molar-refractivity contribution in [3.63, 3.8) is 0 Å². The summed E-state index contributed by atoms with van der Waals surface area (Å²) in [4.78, 5) is 15.0. The van der Waals surface area contributed by atoms with Gasteiger partial charge in [0.25, 0.3) is 0 Å². The Labute approximate surface area is 201 Å². The van der Waals surface area contributed by atoms with Crippen LogP contribution in [-0.4, -0.2) is 47.6 Å². The number of benzene rings is 3. The van der Waals surface area contributed by atoms with Gasteiger partial charge in [-0.3, -0.25) is 4.79 Å². The summed E-state index contributed by atoms with van der Waals surface area (Å²) in [5.41, 5.74) is 1.87. The van der Waals surface area contributed by atoms with Crippen LogP contribution in [0, 0.1) is 6.07 Å². The first-order valence-corrected chi connectivity index (χ1v) is 12.5. The second-order valence-electron chi connectivity index (χ2n) is 7.98. The molecule has 3 aromatic rings. The number of amides is 1. The quantitative estimate of drug-likeness (QED) is 0.389. The van der Waals surface area contributed by atoms with Gasteiger partial charge in [0.05, 0.1) is 11.5 Å². The molecular formula is C26H30N3O4S. The van der Waals surface area contributed by atoms with Crippen molar-refractivity contribution in [2.45, 2.75) is 23.8 Å². The number of carbonyl (C=O) groups is 1. The van der Waals surface area contributed by atoms with Gasteiger partial charge in [-0.25, -0.2) is 8.42 Å². The fraction of sp³-hybridized carbons (Fsp3) is 0.269. The minimum Gasteiger partial charge on any atom is -0.493 e. The number of hydrogen-bond acceptors (Lipinski definition) is 5. The molecule has 0 fully saturated rings. The molecule has 0 unspecified atom stereocenters. The van der Waals surface area contributed by atoms with Crippen LogP contribution in [0.25, 0.3) is 0 Å². The van der Waals surface area contributed by atoms with Gasteiger partial charge < -0.3 is 15.0 Å². The van der Waals surface area contributed by atoms with Gasteiger partial charge in [0.2, 0.25) is 15.9 Å². The van der Waals surface area contributed by atoms with Crippen molar-refractivity contribution in [1.29, 1.82) is 0 Å². The van der Waals surface area contributed by atoms with Crippen LogP contribution in [0.1, 0.15) is 12.0 Å². The van der Waals surface area contributed by atoms with Crippen LogP contribution in [-0.2, 0) is 21.2 Å². The highest BCUT2D eigenvalue weighted by atomic mass is 32.2. The Bertz CT molecular complexity index is 1150. The largest absolute Gasteiger partial charge is 0.493 e. The zero-order chi connectivity index (χ0) is 24.4. The van der Waals surface area contributed by atoms with Gasteiger partial charge in [0, 0.05) is 32.4 Å². The number of anilines is 1. The second-order valence-corrected chi connectivity index (χ2v) is 9.70. The molecule has 0 saturated heterocycles. The zero-order valence-corrected chi connectivity index (χ0v) is 20.2. The summed E-state index contributed by atoms with van der Waals surface area (Å²) in [7, 11) is 0.0718. The fourth-order valence-corrected chi connectivity index (χ4v) is 4.50. The van der Waals surface area contributed by atoms with E-state index in [2.05, 4.69) is 16.1 Å². The number of carbonyl (C=O) groups excluding carboxylic acids is 1. The van der Waals surface area contributed by atoms with E-state index in [-0.39, 0.29) is 17.2 Å². The molecule has 3 aromatic carbocycles. The summed E-state index contributed by atoms with van der Waals surface area (Å²) in [5, 5.41) is 2.83. The van der Waals surface area contributed by atoms with Crippen LogP contribution >= 0.6 is 0 Å². The minimum atomic E-state index is -3.85. The van der Waals surface area contributed by atoms with E-state index in [1.54, 1.807) is 30.3 Å². The molecule has 0 saturated carbocycles. The monoisotopic (exact) mass is 480 g/mol. The molecule has 179 valence electrons. The summed E-state index contributed by atoms with van der Waals surface area (Å²) >= 11 is 0. The Morgan fingerprint density at radius 1 is 1.03 bits per heavy atom. The van der Waals surface area contributed by atoms with E-state index in [1.165, 1.54) is 12.1 Å². The summed E-state index contributed by atoms with van der Waals surface area (Å²) < 4.78 is 34.0. The first-order chi connectivity index (χ1) is 16.3. The maximum Gasteiger partial charge on any atom is 0.241 e. The Kier molecular flexibility index (Phi) is 9.07. The van der Waals surface area contributed by atoms with Crippen LogP contribution in [0.2, 0.25) is 0 Å². The van der Waals surface area contributed by atoms with Crippen LogP contribution in [0.5, 0.6) is 5.75 Å². The van der Waals surface area contributed by atoms with Gasteiger partial charge in [0.15, 0.2) is 0 Å². The molecule has 0 bridgehead atoms. The number of ether oxygens (including phenoxy) is 1. The van der Waals surface area contributed by atoms with Crippen LogP contribution in [0.15, 0.2) is 83.8 Å². The highest BCUT2D eigenvalue weighted by Gasteiger charge is 2.25. The molecule has 7 nitrogen and oxygen atoms in total. The number of hydrogen-bond donors (Lipinski definition) is 2. The van der Waals surface area contributed by atoms with Gasteiger partial charge in [-0.2, -0.15) is 4.72 Å². The van der Waals surface area contributed by atoms with Gasteiger partial charge in [0.1, 0.15) is 11.8 Å². The predicted molar refractivity (Wildman–Crippen MR) is 133 cm³/mol. The normalized spacial score (nSPS) is 12.1. The second kappa shape index (κ2) is 12.2. The Balaban J connectivity index is 1.57. The molecule has 2 N–H and O–H groups in total. The molecule has 1 radical (unpaired) electrons. The van der Waals surface area contributed by atoms with Gasteiger partial charge in [-0.05, 0) is 48.7 Å². The van der Waals surface area contributed by atoms with Crippen molar-refractivity contribution in [2.24, 2.45) is 0 Å². The number of sulfonamides is 1. The first-order valence-electron chi connectivity index (χ1n) is 11.1. The Hall–Kier alpha value is -3.36. The molecule has 0 aliphatic heterocycles. The number of rotatable bonds is 12. The fourth-order valence-electron chi connectivity index (χ4n) is 3.28. The van der Waals surface area contributed by atoms with Crippen molar-refractivity contribution < 1.29 is 17.9 Å². The van der Waals surface area contributed by atoms with Crippen molar-refractivity contribution >= 4 is 21.6 Å². The van der Waals surface area contributed by atoms with E-state index in [0.717, 1.165) is 17.0 Å². The third kappa shape index (κ3) is 7.60. The van der Waals surface area contributed by atoms with Crippen molar-refractivity contribution in [3.05, 3.63) is 90.5 Å². The van der Waals surface area contributed by atoms with Crippen molar-refractivity contribution in [2.75, 3.05) is 32.1 Å². The van der Waals surface area contributed by atoms with Gasteiger partial charge in [-0.15, -0.1) is 0 Å². The summed E-state index contributed by atoms with van der Waals surface area (Å²) in [6, 6.07) is 24.8. The lowest BCUT2D eigenvalue weighted by Crippen LogP contribution is -2.48. The lowest BCUT2D eigenvalue weighted by atomic mass is 10.1. The van der Waals surface area contributed by atoms with E-state index in [0.29, 0.717) is 19.6 Å². The first kappa shape index (κ1) is 25.3. The van der Waals surface area contributed by atoms with E-state index >= 15 is 0 Å². The third-order valence-electron chi connectivity index (χ3n) is 5.12. The van der Waals surface area contributed by atoms with E-state index < -0.39 is 16.1 Å². The molecule has 3 rings (SSSR count). The third-order valence-corrected chi connectivity index (χ3v) is 6.61. The van der Waals surface area contributed by atoms with Crippen LogP contribution in [0.3, 0.4) is 0 Å². The van der Waals surface area contributed by atoms with Gasteiger partial charge in [-0.1, -0.05) is 48.5 Å². The average Bonchev–Trinajstić information content (AvgIpc) is 2.84. The standard InChI is InChI=1S/C26H30N3O4S/c1-29(2)22-13-9-14-23(20-22)33-18-10-17-27-26(30)25(19-21-11-5-3-6-12-21)28-34(31,32)24-15-7-4-8-16-24/h4-9,11-16,20,25,28H,10,17-19H2,1-2H3,(H,27,30)/t25-/m0/s1.